The maximum absolute atomic E-state index is 14.5. The molecule has 5 aromatic rings. The van der Waals surface area contributed by atoms with Crippen LogP contribution >= 0.6 is 0 Å². The van der Waals surface area contributed by atoms with Gasteiger partial charge in [-0.25, -0.2) is 8.42 Å². The normalized spacial score (nSPS) is 15.6. The standard InChI is InChI=1S/C31H26N2O2S/c1-21-15-17-25(18-16-21)36(34,35)33-29(23-10-4-3-5-11-23)19-24-12-6-7-13-26(24)31(33)28-20-32-30-22(2)9-8-14-27(28)30/h3-20,31-32H,1-2H3/t31-/m1/s1. The minimum atomic E-state index is -3.92. The van der Waals surface area contributed by atoms with Crippen molar-refractivity contribution in [2.24, 2.45) is 0 Å². The van der Waals surface area contributed by atoms with E-state index in [1.807, 2.05) is 85.9 Å². The van der Waals surface area contributed by atoms with Gasteiger partial charge in [0.25, 0.3) is 10.0 Å². The van der Waals surface area contributed by atoms with Crippen molar-refractivity contribution in [1.82, 2.24) is 9.29 Å². The zero-order valence-electron chi connectivity index (χ0n) is 20.1. The Morgan fingerprint density at radius 3 is 2.25 bits per heavy atom. The minimum Gasteiger partial charge on any atom is -0.361 e. The Balaban J connectivity index is 1.68. The summed E-state index contributed by atoms with van der Waals surface area (Å²) in [4.78, 5) is 3.69. The molecule has 0 amide bonds. The predicted molar refractivity (Wildman–Crippen MR) is 146 cm³/mol. The van der Waals surface area contributed by atoms with Crippen LogP contribution in [-0.2, 0) is 10.0 Å². The first-order valence-corrected chi connectivity index (χ1v) is 13.4. The van der Waals surface area contributed by atoms with Gasteiger partial charge in [0.1, 0.15) is 0 Å². The molecular formula is C31H26N2O2S. The van der Waals surface area contributed by atoms with Gasteiger partial charge in [0.05, 0.1) is 16.6 Å². The molecule has 0 fully saturated rings. The Bertz CT molecular complexity index is 1720. The molecule has 6 rings (SSSR count). The van der Waals surface area contributed by atoms with Gasteiger partial charge >= 0.3 is 0 Å². The van der Waals surface area contributed by atoms with Crippen LogP contribution in [0.15, 0.2) is 108 Å². The molecule has 4 nitrogen and oxygen atoms in total. The van der Waals surface area contributed by atoms with Crippen LogP contribution in [0.5, 0.6) is 0 Å². The topological polar surface area (TPSA) is 53.2 Å². The number of aryl methyl sites for hydroxylation is 2. The summed E-state index contributed by atoms with van der Waals surface area (Å²) >= 11 is 0. The van der Waals surface area contributed by atoms with E-state index in [1.54, 1.807) is 16.4 Å². The number of aromatic nitrogens is 1. The van der Waals surface area contributed by atoms with E-state index < -0.39 is 16.1 Å². The van der Waals surface area contributed by atoms with Gasteiger partial charge in [-0.3, -0.25) is 4.31 Å². The van der Waals surface area contributed by atoms with Gasteiger partial charge < -0.3 is 4.98 Å². The van der Waals surface area contributed by atoms with E-state index in [-0.39, 0.29) is 4.90 Å². The lowest BCUT2D eigenvalue weighted by molar-refractivity contribution is 0.463. The number of nitrogens with zero attached hydrogens (tertiary/aromatic N) is 1. The van der Waals surface area contributed by atoms with E-state index in [1.165, 1.54) is 0 Å². The molecule has 0 saturated carbocycles. The van der Waals surface area contributed by atoms with Gasteiger partial charge in [-0.05, 0) is 54.3 Å². The van der Waals surface area contributed by atoms with E-state index in [0.29, 0.717) is 5.70 Å². The van der Waals surface area contributed by atoms with Gasteiger partial charge in [-0.15, -0.1) is 0 Å². The minimum absolute atomic E-state index is 0.273. The lowest BCUT2D eigenvalue weighted by Crippen LogP contribution is -2.36. The number of aromatic amines is 1. The maximum Gasteiger partial charge on any atom is 0.265 e. The van der Waals surface area contributed by atoms with E-state index in [4.69, 9.17) is 0 Å². The van der Waals surface area contributed by atoms with Crippen molar-refractivity contribution in [3.63, 3.8) is 0 Å². The van der Waals surface area contributed by atoms with Crippen molar-refractivity contribution in [3.05, 3.63) is 137 Å². The molecule has 0 aliphatic carbocycles. The molecule has 0 bridgehead atoms. The number of nitrogens with one attached hydrogen (secondary N) is 1. The third-order valence-electron chi connectivity index (χ3n) is 6.95. The Hall–Kier alpha value is -4.09. The molecule has 1 aromatic heterocycles. The number of sulfonamides is 1. The highest BCUT2D eigenvalue weighted by atomic mass is 32.2. The zero-order valence-corrected chi connectivity index (χ0v) is 21.0. The number of fused-ring (bicyclic) bond motifs is 2. The average molecular weight is 491 g/mol. The largest absolute Gasteiger partial charge is 0.361 e. The van der Waals surface area contributed by atoms with Crippen molar-refractivity contribution in [1.29, 1.82) is 0 Å². The van der Waals surface area contributed by atoms with Crippen molar-refractivity contribution < 1.29 is 8.42 Å². The molecule has 1 N–H and O–H groups in total. The molecule has 1 aliphatic heterocycles. The molecule has 0 radical (unpaired) electrons. The zero-order chi connectivity index (χ0) is 24.9. The summed E-state index contributed by atoms with van der Waals surface area (Å²) in [5, 5.41) is 1.02. The highest BCUT2D eigenvalue weighted by Gasteiger charge is 2.40. The first-order valence-electron chi connectivity index (χ1n) is 12.0. The fourth-order valence-electron chi connectivity index (χ4n) is 5.13. The van der Waals surface area contributed by atoms with Crippen LogP contribution in [0.4, 0.5) is 0 Å². The number of H-pyrrole nitrogens is 1. The van der Waals surface area contributed by atoms with Gasteiger partial charge in [0, 0.05) is 22.7 Å². The van der Waals surface area contributed by atoms with Gasteiger partial charge in [-0.2, -0.15) is 0 Å². The summed E-state index contributed by atoms with van der Waals surface area (Å²) in [5.74, 6) is 0. The highest BCUT2D eigenvalue weighted by molar-refractivity contribution is 7.89. The van der Waals surface area contributed by atoms with E-state index in [9.17, 15) is 8.42 Å². The van der Waals surface area contributed by atoms with Crippen LogP contribution in [0.1, 0.15) is 39.4 Å². The highest BCUT2D eigenvalue weighted by Crippen LogP contribution is 2.47. The predicted octanol–water partition coefficient (Wildman–Crippen LogP) is 7.08. The molecule has 4 aromatic carbocycles. The van der Waals surface area contributed by atoms with Gasteiger partial charge in [0.2, 0.25) is 0 Å². The van der Waals surface area contributed by atoms with Crippen molar-refractivity contribution in [3.8, 4) is 0 Å². The van der Waals surface area contributed by atoms with Crippen molar-refractivity contribution >= 4 is 32.7 Å². The Kier molecular flexibility index (Phi) is 5.31. The maximum atomic E-state index is 14.5. The Labute approximate surface area is 211 Å². The number of rotatable bonds is 4. The number of hydrogen-bond donors (Lipinski definition) is 1. The summed E-state index contributed by atoms with van der Waals surface area (Å²) < 4.78 is 30.6. The number of hydrogen-bond acceptors (Lipinski definition) is 2. The second-order valence-corrected chi connectivity index (χ2v) is 11.1. The molecule has 178 valence electrons. The second kappa shape index (κ2) is 8.54. The van der Waals surface area contributed by atoms with E-state index in [0.717, 1.165) is 44.3 Å². The Morgan fingerprint density at radius 2 is 1.47 bits per heavy atom. The summed E-state index contributed by atoms with van der Waals surface area (Å²) in [6.07, 6.45) is 3.96. The van der Waals surface area contributed by atoms with Crippen LogP contribution in [0.25, 0.3) is 22.7 Å². The number of benzene rings is 4. The Morgan fingerprint density at radius 1 is 0.750 bits per heavy atom. The SMILES string of the molecule is Cc1ccc(S(=O)(=O)N2C(c3ccccc3)=Cc3ccccc3[C@@H]2c2c[nH]c3c(C)cccc23)cc1. The van der Waals surface area contributed by atoms with Crippen LogP contribution in [-0.4, -0.2) is 17.7 Å². The number of para-hydroxylation sites is 1. The van der Waals surface area contributed by atoms with Crippen LogP contribution in [0, 0.1) is 13.8 Å². The molecule has 5 heteroatoms. The summed E-state index contributed by atoms with van der Waals surface area (Å²) in [6, 6.07) is 30.5. The fraction of sp³-hybridized carbons (Fsp3) is 0.0968. The summed E-state index contributed by atoms with van der Waals surface area (Å²) in [7, 11) is -3.92. The molecule has 0 spiro atoms. The van der Waals surface area contributed by atoms with Crippen LogP contribution in [0.2, 0.25) is 0 Å². The van der Waals surface area contributed by atoms with Gasteiger partial charge in [0.15, 0.2) is 0 Å². The second-order valence-electron chi connectivity index (χ2n) is 9.28. The molecule has 1 aliphatic rings. The lowest BCUT2D eigenvalue weighted by Gasteiger charge is -2.38. The van der Waals surface area contributed by atoms with E-state index >= 15 is 0 Å². The first-order chi connectivity index (χ1) is 17.4. The molecule has 1 atom stereocenters. The van der Waals surface area contributed by atoms with Crippen LogP contribution < -0.4 is 0 Å². The van der Waals surface area contributed by atoms with Crippen molar-refractivity contribution in [2.75, 3.05) is 0 Å². The summed E-state index contributed by atoms with van der Waals surface area (Å²) in [5.41, 5.74) is 7.56. The first kappa shape index (κ1) is 22.4. The van der Waals surface area contributed by atoms with Gasteiger partial charge in [-0.1, -0.05) is 90.5 Å². The third-order valence-corrected chi connectivity index (χ3v) is 8.75. The molecule has 0 saturated heterocycles. The molecular weight excluding hydrogens is 464 g/mol. The summed E-state index contributed by atoms with van der Waals surface area (Å²) in [6.45, 7) is 4.02. The average Bonchev–Trinajstić information content (AvgIpc) is 3.33. The smallest absolute Gasteiger partial charge is 0.265 e. The monoisotopic (exact) mass is 490 g/mol. The fourth-order valence-corrected chi connectivity index (χ4v) is 6.76. The molecule has 0 unspecified atom stereocenters. The molecule has 36 heavy (non-hydrogen) atoms. The third kappa shape index (κ3) is 3.55. The van der Waals surface area contributed by atoms with E-state index in [2.05, 4.69) is 30.1 Å². The molecule has 2 heterocycles. The van der Waals surface area contributed by atoms with Crippen molar-refractivity contribution in [2.45, 2.75) is 24.8 Å². The van der Waals surface area contributed by atoms with Crippen LogP contribution in [0.3, 0.4) is 0 Å². The lowest BCUT2D eigenvalue weighted by atomic mass is 9.89. The quantitative estimate of drug-likeness (QED) is 0.293.